The molecule has 2 saturated heterocycles. The third kappa shape index (κ3) is 6.21. The molecule has 13 nitrogen and oxygen atoms in total. The van der Waals surface area contributed by atoms with E-state index >= 15 is 4.39 Å². The summed E-state index contributed by atoms with van der Waals surface area (Å²) in [6.45, 7) is 2.47. The van der Waals surface area contributed by atoms with Gasteiger partial charge in [0.25, 0.3) is 15.9 Å². The Hall–Kier alpha value is -5.25. The van der Waals surface area contributed by atoms with E-state index in [0.29, 0.717) is 57.3 Å². The summed E-state index contributed by atoms with van der Waals surface area (Å²) in [6.07, 6.45) is 6.75. The van der Waals surface area contributed by atoms with E-state index in [9.17, 15) is 13.2 Å². The highest BCUT2D eigenvalue weighted by atomic mass is 35.5. The van der Waals surface area contributed by atoms with Crippen molar-refractivity contribution in [1.29, 1.82) is 0 Å². The number of carbonyl (C=O) groups is 1. The number of carbonyl (C=O) groups excluding carboxylic acids is 1. The quantitative estimate of drug-likeness (QED) is 0.189. The molecular formula is C37H33ClFN9O4S. The van der Waals surface area contributed by atoms with E-state index < -0.39 is 28.4 Å². The van der Waals surface area contributed by atoms with Crippen LogP contribution in [0.2, 0.25) is 5.02 Å². The van der Waals surface area contributed by atoms with Gasteiger partial charge in [0.1, 0.15) is 23.4 Å². The molecule has 1 aliphatic carbocycles. The molecule has 5 heterocycles. The zero-order valence-electron chi connectivity index (χ0n) is 28.5. The lowest BCUT2D eigenvalue weighted by Gasteiger charge is -2.34. The Morgan fingerprint density at radius 3 is 2.57 bits per heavy atom. The monoisotopic (exact) mass is 753 g/mol. The Labute approximate surface area is 308 Å². The molecule has 1 amide bonds. The molecule has 0 unspecified atom stereocenters. The third-order valence-electron chi connectivity index (χ3n) is 10.0. The molecule has 2 bridgehead atoms. The zero-order valence-corrected chi connectivity index (χ0v) is 30.0. The highest BCUT2D eigenvalue weighted by Gasteiger charge is 2.34. The van der Waals surface area contributed by atoms with E-state index in [-0.39, 0.29) is 40.1 Å². The summed E-state index contributed by atoms with van der Waals surface area (Å²) >= 11 is 6.59. The molecule has 9 rings (SSSR count). The van der Waals surface area contributed by atoms with E-state index in [0.717, 1.165) is 35.2 Å². The van der Waals surface area contributed by atoms with Gasteiger partial charge in [0.2, 0.25) is 0 Å². The van der Waals surface area contributed by atoms with Crippen molar-refractivity contribution >= 4 is 60.7 Å². The molecule has 2 N–H and O–H groups in total. The summed E-state index contributed by atoms with van der Waals surface area (Å²) < 4.78 is 49.9. The summed E-state index contributed by atoms with van der Waals surface area (Å²) in [5.74, 6) is -0.00320. The van der Waals surface area contributed by atoms with Crippen LogP contribution in [0.5, 0.6) is 6.01 Å². The number of hydrogen-bond acceptors (Lipinski definition) is 11. The van der Waals surface area contributed by atoms with Gasteiger partial charge in [0.05, 0.1) is 10.3 Å². The van der Waals surface area contributed by atoms with E-state index in [1.807, 2.05) is 24.3 Å². The largest absolute Gasteiger partial charge is 0.453 e. The van der Waals surface area contributed by atoms with Crippen LogP contribution in [-0.2, 0) is 14.8 Å². The predicted octanol–water partition coefficient (Wildman–Crippen LogP) is 5.61. The molecule has 0 spiro atoms. The Bertz CT molecular complexity index is 2550. The number of hydrogen-bond donors (Lipinski definition) is 2. The van der Waals surface area contributed by atoms with Gasteiger partial charge in [0.15, 0.2) is 18.2 Å². The average molecular weight is 754 g/mol. The van der Waals surface area contributed by atoms with E-state index in [4.69, 9.17) is 16.3 Å². The van der Waals surface area contributed by atoms with Gasteiger partial charge in [-0.1, -0.05) is 41.9 Å². The van der Waals surface area contributed by atoms with Crippen molar-refractivity contribution in [2.45, 2.75) is 55.5 Å². The summed E-state index contributed by atoms with van der Waals surface area (Å²) in [7, 11) is -3.98. The van der Waals surface area contributed by atoms with Crippen molar-refractivity contribution in [1.82, 2.24) is 34.4 Å². The number of nitrogens with one attached hydrogen (secondary N) is 2. The number of rotatable bonds is 9. The Kier molecular flexibility index (Phi) is 8.24. The van der Waals surface area contributed by atoms with Crippen molar-refractivity contribution in [3.63, 3.8) is 0 Å². The molecule has 16 heteroatoms. The van der Waals surface area contributed by atoms with Gasteiger partial charge >= 0.3 is 6.01 Å². The fraction of sp³-hybridized carbons (Fsp3) is 0.297. The molecule has 6 aromatic rings. The number of nitrogens with zero attached hydrogens (tertiary/aromatic N) is 7. The second-order valence-electron chi connectivity index (χ2n) is 13.8. The highest BCUT2D eigenvalue weighted by molar-refractivity contribution is 7.89. The van der Waals surface area contributed by atoms with E-state index in [1.54, 1.807) is 31.3 Å². The maximum Gasteiger partial charge on any atom is 0.319 e. The summed E-state index contributed by atoms with van der Waals surface area (Å²) in [5.41, 5.74) is 1.38. The first-order valence-corrected chi connectivity index (χ1v) is 19.2. The topological polar surface area (TPSA) is 157 Å². The summed E-state index contributed by atoms with van der Waals surface area (Å²) in [6, 6.07) is 15.8. The molecule has 270 valence electrons. The molecule has 0 radical (unpaired) electrons. The number of pyridine rings is 1. The van der Waals surface area contributed by atoms with Crippen LogP contribution in [0.3, 0.4) is 0 Å². The Balaban J connectivity index is 0.996. The number of aryl methyl sites for hydroxylation is 1. The Morgan fingerprint density at radius 1 is 1.04 bits per heavy atom. The van der Waals surface area contributed by atoms with Crippen molar-refractivity contribution in [2.75, 3.05) is 29.9 Å². The van der Waals surface area contributed by atoms with Gasteiger partial charge < -0.3 is 20.3 Å². The number of anilines is 2. The average Bonchev–Trinajstić information content (AvgIpc) is 3.77. The molecular weight excluding hydrogens is 721 g/mol. The molecule has 1 saturated carbocycles. The van der Waals surface area contributed by atoms with Crippen LogP contribution in [0.25, 0.3) is 32.9 Å². The van der Waals surface area contributed by atoms with Gasteiger partial charge in [-0.05, 0) is 67.8 Å². The number of halogens is 2. The lowest BCUT2D eigenvalue weighted by atomic mass is 10.0. The molecule has 3 aliphatic rings. The third-order valence-corrected chi connectivity index (χ3v) is 12.0. The second-order valence-corrected chi connectivity index (χ2v) is 15.9. The maximum absolute atomic E-state index is 16.7. The fourth-order valence-electron chi connectivity index (χ4n) is 7.33. The van der Waals surface area contributed by atoms with Crippen LogP contribution in [0.4, 0.5) is 15.9 Å². The number of ether oxygens (including phenoxy) is 1. The lowest BCUT2D eigenvalue weighted by Crippen LogP contribution is -2.51. The maximum atomic E-state index is 16.7. The minimum atomic E-state index is -3.98. The van der Waals surface area contributed by atoms with Crippen LogP contribution in [0.15, 0.2) is 72.0 Å². The molecule has 3 aromatic heterocycles. The van der Waals surface area contributed by atoms with Gasteiger partial charge in [-0.2, -0.15) is 18.4 Å². The first kappa shape index (κ1) is 33.6. The predicted molar refractivity (Wildman–Crippen MR) is 197 cm³/mol. The van der Waals surface area contributed by atoms with Gasteiger partial charge in [-0.25, -0.2) is 9.37 Å². The van der Waals surface area contributed by atoms with Crippen molar-refractivity contribution in [3.05, 3.63) is 89.3 Å². The van der Waals surface area contributed by atoms with E-state index in [2.05, 4.69) is 40.6 Å². The zero-order chi connectivity index (χ0) is 36.4. The van der Waals surface area contributed by atoms with Crippen molar-refractivity contribution in [3.8, 4) is 17.3 Å². The molecule has 2 atom stereocenters. The molecule has 3 aromatic carbocycles. The molecule has 3 fully saturated rings. The summed E-state index contributed by atoms with van der Waals surface area (Å²) in [4.78, 5) is 33.1. The number of aromatic nitrogens is 6. The standard InChI is InChI=1S/C37H33ClFN9O4S/c1-20-14-23(12-13-29(20)53(50,51)48-19-41-35(46-48)22-8-9-22)43-30(49)18-52-37-44-34-27(36(45-37)47-16-24-10-11-25(17-47)42-24)15-40-33(32(34)39)26-6-2-4-21-5-3-7-28(38)31(21)26/h2-7,12-15,19,22,24-25,42H,8-11,16-18H2,1H3,(H,43,49)/t24-,25+. The second kappa shape index (κ2) is 13.0. The highest BCUT2D eigenvalue weighted by Crippen LogP contribution is 2.39. The molecule has 2 aliphatic heterocycles. The van der Waals surface area contributed by atoms with Crippen molar-refractivity contribution < 1.29 is 22.3 Å². The van der Waals surface area contributed by atoms with E-state index in [1.165, 1.54) is 18.5 Å². The first-order chi connectivity index (χ1) is 25.6. The minimum absolute atomic E-state index is 0.00870. The van der Waals surface area contributed by atoms with Gasteiger partial charge in [0, 0.05) is 58.9 Å². The first-order valence-electron chi connectivity index (χ1n) is 17.4. The normalized spacial score (nSPS) is 18.5. The van der Waals surface area contributed by atoms with Gasteiger partial charge in [-0.3, -0.25) is 9.78 Å². The number of fused-ring (bicyclic) bond motifs is 4. The smallest absolute Gasteiger partial charge is 0.319 e. The van der Waals surface area contributed by atoms with Crippen molar-refractivity contribution in [2.24, 2.45) is 0 Å². The SMILES string of the molecule is Cc1cc(NC(=O)COc2nc(N3C[C@H]4CC[C@@H](C3)N4)c3cnc(-c4cccc5cccc(Cl)c45)c(F)c3n2)ccc1S(=O)(=O)n1cnc(C2CC2)n1. The number of piperazine rings is 1. The number of amides is 1. The molecule has 53 heavy (non-hydrogen) atoms. The van der Waals surface area contributed by atoms with Gasteiger partial charge in [-0.15, -0.1) is 9.19 Å². The fourth-order valence-corrected chi connectivity index (χ4v) is 8.88. The van der Waals surface area contributed by atoms with Crippen LogP contribution >= 0.6 is 11.6 Å². The summed E-state index contributed by atoms with van der Waals surface area (Å²) in [5, 5.41) is 12.9. The minimum Gasteiger partial charge on any atom is -0.453 e. The number of benzene rings is 3. The van der Waals surface area contributed by atoms with Crippen LogP contribution in [0, 0.1) is 12.7 Å². The van der Waals surface area contributed by atoms with Crippen LogP contribution in [-0.4, -0.2) is 75.2 Å². The Morgan fingerprint density at radius 2 is 1.81 bits per heavy atom. The van der Waals surface area contributed by atoms with Crippen LogP contribution < -0.4 is 20.3 Å². The lowest BCUT2D eigenvalue weighted by molar-refractivity contribution is -0.118. The van der Waals surface area contributed by atoms with Crippen LogP contribution in [0.1, 0.15) is 43.0 Å².